The summed E-state index contributed by atoms with van der Waals surface area (Å²) in [4.78, 5) is 23.2. The molecule has 0 aliphatic heterocycles. The van der Waals surface area contributed by atoms with E-state index in [1.165, 1.54) is 218 Å². The van der Waals surface area contributed by atoms with Gasteiger partial charge in [-0.3, -0.25) is 9.59 Å². The smallest absolute Gasteiger partial charge is 0.306 e. The number of aliphatic carboxylic acids is 1. The van der Waals surface area contributed by atoms with Crippen molar-refractivity contribution in [1.82, 2.24) is 0 Å². The summed E-state index contributed by atoms with van der Waals surface area (Å²) >= 11 is 0. The van der Waals surface area contributed by atoms with Crippen molar-refractivity contribution in [1.29, 1.82) is 0 Å². The number of unbranched alkanes of at least 4 members (excludes halogenated alkanes) is 34. The van der Waals surface area contributed by atoms with Crippen molar-refractivity contribution >= 4 is 11.9 Å². The number of esters is 1. The van der Waals surface area contributed by atoms with E-state index in [2.05, 4.69) is 13.8 Å². The van der Waals surface area contributed by atoms with Crippen molar-refractivity contribution in [2.45, 2.75) is 283 Å². The lowest BCUT2D eigenvalue weighted by Crippen LogP contribution is -2.18. The number of hydrogen-bond donors (Lipinski definition) is 1. The number of carboxylic acid groups (broad SMARTS) is 1. The maximum atomic E-state index is 12.6. The summed E-state index contributed by atoms with van der Waals surface area (Å²) in [7, 11) is 0. The molecule has 0 bridgehead atoms. The topological polar surface area (TPSA) is 63.6 Å². The third-order valence-corrected chi connectivity index (χ3v) is 10.8. The van der Waals surface area contributed by atoms with Crippen molar-refractivity contribution in [2.75, 3.05) is 0 Å². The van der Waals surface area contributed by atoms with E-state index >= 15 is 0 Å². The van der Waals surface area contributed by atoms with Crippen molar-refractivity contribution in [2.24, 2.45) is 0 Å². The number of carboxylic acids is 1. The van der Waals surface area contributed by atoms with Gasteiger partial charge in [0.2, 0.25) is 0 Å². The number of ether oxygens (including phenoxy) is 1. The van der Waals surface area contributed by atoms with E-state index in [-0.39, 0.29) is 12.1 Å². The monoisotopic (exact) mass is 707 g/mol. The Kier molecular flexibility index (Phi) is 41.5. The fourth-order valence-corrected chi connectivity index (χ4v) is 7.42. The number of carbonyl (C=O) groups excluding carboxylic acids is 1. The van der Waals surface area contributed by atoms with Crippen LogP contribution in [0, 0.1) is 0 Å². The Morgan fingerprint density at radius 1 is 0.360 bits per heavy atom. The van der Waals surface area contributed by atoms with Crippen LogP contribution in [0.15, 0.2) is 0 Å². The van der Waals surface area contributed by atoms with E-state index in [9.17, 15) is 9.59 Å². The molecule has 1 N–H and O–H groups in total. The van der Waals surface area contributed by atoms with Gasteiger partial charge in [-0.25, -0.2) is 0 Å². The molecule has 0 saturated heterocycles. The normalized spacial score (nSPS) is 12.0. The molecule has 50 heavy (non-hydrogen) atoms. The summed E-state index contributed by atoms with van der Waals surface area (Å²) in [5.41, 5.74) is 0. The maximum absolute atomic E-state index is 12.6. The van der Waals surface area contributed by atoms with E-state index in [1.807, 2.05) is 0 Å². The van der Waals surface area contributed by atoms with Crippen LogP contribution >= 0.6 is 0 Å². The average molecular weight is 707 g/mol. The Balaban J connectivity index is 3.60. The summed E-state index contributed by atoms with van der Waals surface area (Å²) in [5, 5.41) is 8.69. The quantitative estimate of drug-likeness (QED) is 0.0506. The Morgan fingerprint density at radius 2 is 0.600 bits per heavy atom. The van der Waals surface area contributed by atoms with Crippen LogP contribution in [0.3, 0.4) is 0 Å². The first-order valence-corrected chi connectivity index (χ1v) is 23.0. The van der Waals surface area contributed by atoms with E-state index in [4.69, 9.17) is 9.84 Å². The lowest BCUT2D eigenvalue weighted by Gasteiger charge is -2.18. The van der Waals surface area contributed by atoms with Crippen LogP contribution in [0.25, 0.3) is 0 Å². The van der Waals surface area contributed by atoms with E-state index in [0.717, 1.165) is 32.1 Å². The Hall–Kier alpha value is -1.06. The molecular weight excluding hydrogens is 617 g/mol. The van der Waals surface area contributed by atoms with Gasteiger partial charge in [-0.1, -0.05) is 226 Å². The second kappa shape index (κ2) is 42.4. The minimum absolute atomic E-state index is 0.0459. The van der Waals surface area contributed by atoms with Crippen molar-refractivity contribution in [3.05, 3.63) is 0 Å². The van der Waals surface area contributed by atoms with Gasteiger partial charge in [-0.2, -0.15) is 0 Å². The number of hydrogen-bond acceptors (Lipinski definition) is 3. The molecule has 4 nitrogen and oxygen atoms in total. The molecule has 1 unspecified atom stereocenters. The van der Waals surface area contributed by atoms with Gasteiger partial charge >= 0.3 is 11.9 Å². The van der Waals surface area contributed by atoms with Crippen LogP contribution < -0.4 is 0 Å². The third kappa shape index (κ3) is 41.4. The maximum Gasteiger partial charge on any atom is 0.306 e. The average Bonchev–Trinajstić information content (AvgIpc) is 3.10. The van der Waals surface area contributed by atoms with Crippen molar-refractivity contribution in [3.63, 3.8) is 0 Å². The van der Waals surface area contributed by atoms with E-state index in [1.54, 1.807) is 0 Å². The molecular formula is C46H90O4. The molecule has 1 atom stereocenters. The van der Waals surface area contributed by atoms with Crippen molar-refractivity contribution in [3.8, 4) is 0 Å². The van der Waals surface area contributed by atoms with Crippen molar-refractivity contribution < 1.29 is 19.4 Å². The van der Waals surface area contributed by atoms with Gasteiger partial charge in [0.15, 0.2) is 0 Å². The van der Waals surface area contributed by atoms with Crippen LogP contribution in [0.1, 0.15) is 277 Å². The van der Waals surface area contributed by atoms with Gasteiger partial charge in [0.1, 0.15) is 6.10 Å². The lowest BCUT2D eigenvalue weighted by molar-refractivity contribution is -0.150. The summed E-state index contributed by atoms with van der Waals surface area (Å²) in [6.07, 6.45) is 51.9. The predicted molar refractivity (Wildman–Crippen MR) is 218 cm³/mol. The Bertz CT molecular complexity index is 677. The van der Waals surface area contributed by atoms with E-state index < -0.39 is 5.97 Å². The Morgan fingerprint density at radius 3 is 0.920 bits per heavy atom. The van der Waals surface area contributed by atoms with Crippen LogP contribution in [0.5, 0.6) is 0 Å². The van der Waals surface area contributed by atoms with Gasteiger partial charge in [-0.15, -0.1) is 0 Å². The Labute approximate surface area is 313 Å². The molecule has 0 aromatic carbocycles. The second-order valence-corrected chi connectivity index (χ2v) is 16.0. The standard InChI is InChI=1S/C46H90O4/c1-3-5-7-8-9-10-11-12-13-14-15-16-17-18-19-23-26-29-32-35-39-43-46(49)50-44(40-36-6-4-2)41-37-33-30-27-24-21-20-22-25-28-31-34-38-42-45(47)48/h44H,3-43H2,1-2H3,(H,47,48). The third-order valence-electron chi connectivity index (χ3n) is 10.8. The first-order valence-electron chi connectivity index (χ1n) is 23.0. The highest BCUT2D eigenvalue weighted by atomic mass is 16.5. The van der Waals surface area contributed by atoms with E-state index in [0.29, 0.717) is 12.8 Å². The molecule has 0 radical (unpaired) electrons. The molecule has 0 spiro atoms. The first kappa shape index (κ1) is 48.9. The molecule has 0 aliphatic carbocycles. The molecule has 0 aromatic heterocycles. The van der Waals surface area contributed by atoms with Gasteiger partial charge in [-0.05, 0) is 38.5 Å². The minimum Gasteiger partial charge on any atom is -0.481 e. The van der Waals surface area contributed by atoms with Gasteiger partial charge in [0.25, 0.3) is 0 Å². The predicted octanol–water partition coefficient (Wildman–Crippen LogP) is 16.0. The zero-order valence-electron chi connectivity index (χ0n) is 34.2. The van der Waals surface area contributed by atoms with Crippen LogP contribution in [-0.2, 0) is 14.3 Å². The SMILES string of the molecule is CCCCCCCCCCCCCCCCCCCCCCCC(=O)OC(CCCCC)CCCCCCCCCCCCCCCC(=O)O. The van der Waals surface area contributed by atoms with Gasteiger partial charge < -0.3 is 9.84 Å². The molecule has 0 heterocycles. The summed E-state index contributed by atoms with van der Waals surface area (Å²) in [6.45, 7) is 4.54. The van der Waals surface area contributed by atoms with Crippen LogP contribution in [-0.4, -0.2) is 23.1 Å². The minimum atomic E-state index is -0.665. The molecule has 4 heteroatoms. The summed E-state index contributed by atoms with van der Waals surface area (Å²) < 4.78 is 6.00. The second-order valence-electron chi connectivity index (χ2n) is 16.0. The van der Waals surface area contributed by atoms with Crippen LogP contribution in [0.2, 0.25) is 0 Å². The molecule has 0 saturated carbocycles. The summed E-state index contributed by atoms with van der Waals surface area (Å²) in [5.74, 6) is -0.619. The van der Waals surface area contributed by atoms with Crippen LogP contribution in [0.4, 0.5) is 0 Å². The fourth-order valence-electron chi connectivity index (χ4n) is 7.42. The fraction of sp³-hybridized carbons (Fsp3) is 0.957. The first-order chi connectivity index (χ1) is 24.6. The number of carbonyl (C=O) groups is 2. The highest BCUT2D eigenvalue weighted by Gasteiger charge is 2.14. The molecule has 0 rings (SSSR count). The highest BCUT2D eigenvalue weighted by Crippen LogP contribution is 2.19. The molecule has 0 amide bonds. The lowest BCUT2D eigenvalue weighted by atomic mass is 10.0. The molecule has 298 valence electrons. The largest absolute Gasteiger partial charge is 0.481 e. The zero-order chi connectivity index (χ0) is 36.4. The summed E-state index contributed by atoms with van der Waals surface area (Å²) in [6, 6.07) is 0. The van der Waals surface area contributed by atoms with Gasteiger partial charge in [0, 0.05) is 12.8 Å². The molecule has 0 fully saturated rings. The number of rotatable bonds is 43. The van der Waals surface area contributed by atoms with Gasteiger partial charge in [0.05, 0.1) is 0 Å². The highest BCUT2D eigenvalue weighted by molar-refractivity contribution is 5.69. The molecule has 0 aliphatic rings. The molecule has 0 aromatic rings. The zero-order valence-corrected chi connectivity index (χ0v) is 34.2.